The zero-order chi connectivity index (χ0) is 20.1. The second-order valence-electron chi connectivity index (χ2n) is 6.39. The quantitative estimate of drug-likeness (QED) is 0.745. The first kappa shape index (κ1) is 20.6. The first-order valence-electron chi connectivity index (χ1n) is 8.88. The van der Waals surface area contributed by atoms with E-state index in [1.54, 1.807) is 30.3 Å². The van der Waals surface area contributed by atoms with E-state index in [1.807, 2.05) is 0 Å². The van der Waals surface area contributed by atoms with Crippen LogP contribution in [-0.2, 0) is 16.6 Å². The molecule has 28 heavy (non-hydrogen) atoms. The minimum Gasteiger partial charge on any atom is -0.495 e. The Morgan fingerprint density at radius 2 is 1.96 bits per heavy atom. The largest absolute Gasteiger partial charge is 0.495 e. The van der Waals surface area contributed by atoms with E-state index < -0.39 is 10.0 Å². The summed E-state index contributed by atoms with van der Waals surface area (Å²) >= 11 is 5.85. The van der Waals surface area contributed by atoms with Crippen LogP contribution in [0.3, 0.4) is 0 Å². The van der Waals surface area contributed by atoms with E-state index in [-0.39, 0.29) is 28.7 Å². The van der Waals surface area contributed by atoms with E-state index in [9.17, 15) is 13.2 Å². The Morgan fingerprint density at radius 3 is 2.61 bits per heavy atom. The lowest BCUT2D eigenvalue weighted by atomic mass is 10.2. The molecule has 9 heteroatoms. The van der Waals surface area contributed by atoms with Crippen LogP contribution < -0.4 is 14.9 Å². The van der Waals surface area contributed by atoms with Crippen LogP contribution in [0.15, 0.2) is 47.4 Å². The lowest BCUT2D eigenvalue weighted by Gasteiger charge is -2.27. The topological polar surface area (TPSA) is 87.7 Å². The number of nitrogens with one attached hydrogen (secondary N) is 2. The smallest absolute Gasteiger partial charge is 0.268 e. The maximum absolute atomic E-state index is 12.8. The van der Waals surface area contributed by atoms with Gasteiger partial charge in [-0.05, 0) is 48.7 Å². The van der Waals surface area contributed by atoms with Gasteiger partial charge in [-0.2, -0.15) is 0 Å². The highest BCUT2D eigenvalue weighted by Crippen LogP contribution is 2.26. The Hall–Kier alpha value is -2.13. The third-order valence-corrected chi connectivity index (χ3v) is 6.11. The molecule has 0 aromatic heterocycles. The summed E-state index contributed by atoms with van der Waals surface area (Å²) in [6.07, 6.45) is 1.91. The number of hydrazine groups is 1. The second-order valence-corrected chi connectivity index (χ2v) is 8.56. The van der Waals surface area contributed by atoms with Gasteiger partial charge in [0.05, 0.1) is 7.11 Å². The van der Waals surface area contributed by atoms with Crippen molar-refractivity contribution in [2.24, 2.45) is 0 Å². The summed E-state index contributed by atoms with van der Waals surface area (Å²) < 4.78 is 33.4. The van der Waals surface area contributed by atoms with E-state index in [0.717, 1.165) is 24.9 Å². The van der Waals surface area contributed by atoms with Crippen LogP contribution in [-0.4, -0.2) is 39.5 Å². The first-order chi connectivity index (χ1) is 13.4. The van der Waals surface area contributed by atoms with Crippen LogP contribution in [0.5, 0.6) is 5.75 Å². The first-order valence-corrected chi connectivity index (χ1v) is 10.7. The zero-order valence-corrected chi connectivity index (χ0v) is 17.0. The van der Waals surface area contributed by atoms with Crippen molar-refractivity contribution in [3.8, 4) is 5.75 Å². The molecule has 0 bridgehead atoms. The number of nitrogens with zero attached hydrogens (tertiary/aromatic N) is 1. The van der Waals surface area contributed by atoms with Gasteiger partial charge >= 0.3 is 0 Å². The van der Waals surface area contributed by atoms with Gasteiger partial charge in [0.2, 0.25) is 10.0 Å². The van der Waals surface area contributed by atoms with Crippen molar-refractivity contribution in [2.45, 2.75) is 24.3 Å². The molecular formula is C19H22ClN3O4S. The highest BCUT2D eigenvalue weighted by molar-refractivity contribution is 7.89. The zero-order valence-electron chi connectivity index (χ0n) is 15.4. The van der Waals surface area contributed by atoms with E-state index in [0.29, 0.717) is 11.6 Å². The summed E-state index contributed by atoms with van der Waals surface area (Å²) in [6, 6.07) is 11.3. The maximum atomic E-state index is 12.8. The van der Waals surface area contributed by atoms with E-state index >= 15 is 0 Å². The Bertz CT molecular complexity index is 942. The number of hydrogen-bond acceptors (Lipinski definition) is 5. The molecule has 1 aliphatic heterocycles. The van der Waals surface area contributed by atoms with Crippen LogP contribution in [0.25, 0.3) is 0 Å². The Balaban J connectivity index is 1.83. The number of carbonyl (C=O) groups excluding carboxylic acids is 1. The fourth-order valence-corrected chi connectivity index (χ4v) is 4.23. The number of halogens is 1. The molecule has 1 saturated heterocycles. The van der Waals surface area contributed by atoms with E-state index in [2.05, 4.69) is 10.1 Å². The molecule has 0 atom stereocenters. The molecule has 1 amide bonds. The molecule has 150 valence electrons. The fraction of sp³-hybridized carbons (Fsp3) is 0.316. The van der Waals surface area contributed by atoms with Gasteiger partial charge in [0.1, 0.15) is 10.6 Å². The second kappa shape index (κ2) is 8.91. The molecular weight excluding hydrogens is 402 g/mol. The molecule has 1 heterocycles. The third-order valence-electron chi connectivity index (χ3n) is 4.44. The van der Waals surface area contributed by atoms with Crippen molar-refractivity contribution in [2.75, 3.05) is 20.2 Å². The number of ether oxygens (including phenoxy) is 1. The number of hydrogen-bond donors (Lipinski definition) is 2. The van der Waals surface area contributed by atoms with Gasteiger partial charge in [-0.25, -0.2) is 18.6 Å². The summed E-state index contributed by atoms with van der Waals surface area (Å²) in [5, 5.41) is 2.09. The molecule has 2 N–H and O–H groups in total. The number of amides is 1. The van der Waals surface area contributed by atoms with Gasteiger partial charge in [-0.3, -0.25) is 9.80 Å². The summed E-state index contributed by atoms with van der Waals surface area (Å²) in [5.74, 6) is -0.0942. The molecule has 1 fully saturated rings. The fourth-order valence-electron chi connectivity index (χ4n) is 2.90. The van der Waals surface area contributed by atoms with Gasteiger partial charge in [0.25, 0.3) is 5.91 Å². The molecule has 7 nitrogen and oxygen atoms in total. The summed E-state index contributed by atoms with van der Waals surface area (Å²) in [5.41, 5.74) is 4.07. The molecule has 2 aromatic rings. The molecule has 0 aliphatic carbocycles. The average molecular weight is 424 g/mol. The van der Waals surface area contributed by atoms with Crippen LogP contribution in [0.2, 0.25) is 5.02 Å². The van der Waals surface area contributed by atoms with Crippen molar-refractivity contribution in [1.29, 1.82) is 0 Å². The standard InChI is InChI=1S/C19H22ClN3O4S/c1-27-17-9-6-15(19(24)23-11-3-2-10-21-23)12-18(17)28(25,26)22-13-14-4-7-16(20)8-5-14/h4-9,12,21-22H,2-3,10-11,13H2,1H3. The summed E-state index contributed by atoms with van der Waals surface area (Å²) in [6.45, 7) is 1.39. The van der Waals surface area contributed by atoms with E-state index in [4.69, 9.17) is 16.3 Å². The molecule has 0 unspecified atom stereocenters. The minimum atomic E-state index is -3.90. The number of rotatable bonds is 6. The summed E-state index contributed by atoms with van der Waals surface area (Å²) in [7, 11) is -2.51. The normalized spacial score (nSPS) is 14.7. The predicted molar refractivity (Wildman–Crippen MR) is 107 cm³/mol. The van der Waals surface area contributed by atoms with Crippen molar-refractivity contribution < 1.29 is 17.9 Å². The Kier molecular flexibility index (Phi) is 6.56. The third kappa shape index (κ3) is 4.82. The van der Waals surface area contributed by atoms with Crippen LogP contribution in [0, 0.1) is 0 Å². The lowest BCUT2D eigenvalue weighted by molar-refractivity contribution is 0.0610. The Morgan fingerprint density at radius 1 is 1.21 bits per heavy atom. The number of benzene rings is 2. The molecule has 1 aliphatic rings. The van der Waals surface area contributed by atoms with Gasteiger partial charge in [-0.1, -0.05) is 23.7 Å². The number of methoxy groups -OCH3 is 1. The van der Waals surface area contributed by atoms with Gasteiger partial charge in [-0.15, -0.1) is 0 Å². The molecule has 3 rings (SSSR count). The number of sulfonamides is 1. The van der Waals surface area contributed by atoms with Crippen molar-refractivity contribution in [3.63, 3.8) is 0 Å². The highest BCUT2D eigenvalue weighted by atomic mass is 35.5. The molecule has 0 saturated carbocycles. The Labute approximate surface area is 169 Å². The average Bonchev–Trinajstić information content (AvgIpc) is 2.73. The highest BCUT2D eigenvalue weighted by Gasteiger charge is 2.24. The van der Waals surface area contributed by atoms with Crippen molar-refractivity contribution >= 4 is 27.5 Å². The molecule has 2 aromatic carbocycles. The van der Waals surface area contributed by atoms with Crippen LogP contribution in [0.1, 0.15) is 28.8 Å². The van der Waals surface area contributed by atoms with Crippen LogP contribution in [0.4, 0.5) is 0 Å². The van der Waals surface area contributed by atoms with E-state index in [1.165, 1.54) is 24.3 Å². The van der Waals surface area contributed by atoms with Crippen molar-refractivity contribution in [1.82, 2.24) is 15.2 Å². The monoisotopic (exact) mass is 423 g/mol. The number of carbonyl (C=O) groups is 1. The van der Waals surface area contributed by atoms with Gasteiger partial charge in [0.15, 0.2) is 0 Å². The van der Waals surface area contributed by atoms with Gasteiger partial charge < -0.3 is 4.74 Å². The SMILES string of the molecule is COc1ccc(C(=O)N2CCCCN2)cc1S(=O)(=O)NCc1ccc(Cl)cc1. The molecule has 0 radical (unpaired) electrons. The maximum Gasteiger partial charge on any atom is 0.268 e. The summed E-state index contributed by atoms with van der Waals surface area (Å²) in [4.78, 5) is 12.6. The van der Waals surface area contributed by atoms with Crippen molar-refractivity contribution in [3.05, 3.63) is 58.6 Å². The minimum absolute atomic E-state index is 0.0770. The lowest BCUT2D eigenvalue weighted by Crippen LogP contribution is -2.47. The molecule has 0 spiro atoms. The van der Waals surface area contributed by atoms with Crippen LogP contribution >= 0.6 is 11.6 Å². The van der Waals surface area contributed by atoms with Gasteiger partial charge in [0, 0.05) is 30.2 Å². The predicted octanol–water partition coefficient (Wildman–Crippen LogP) is 2.57.